The van der Waals surface area contributed by atoms with Crippen LogP contribution in [0, 0.1) is 11.7 Å². The number of carbonyl (C=O) groups is 1. The van der Waals surface area contributed by atoms with Gasteiger partial charge in [-0.2, -0.15) is 0 Å². The maximum absolute atomic E-state index is 13.4. The summed E-state index contributed by atoms with van der Waals surface area (Å²) in [4.78, 5) is 11.5. The molecule has 0 aliphatic heterocycles. The van der Waals surface area contributed by atoms with Crippen molar-refractivity contribution < 1.29 is 9.18 Å². The SMILES string of the molecule is CC(C)CC(=O)c1cccc(N)c1F. The molecule has 1 aromatic rings. The quantitative estimate of drug-likeness (QED) is 0.595. The summed E-state index contributed by atoms with van der Waals surface area (Å²) >= 11 is 0. The molecule has 0 unspecified atom stereocenters. The van der Waals surface area contributed by atoms with Gasteiger partial charge < -0.3 is 5.73 Å². The molecule has 3 heteroatoms. The number of ketones is 1. The molecule has 0 spiro atoms. The first-order valence-electron chi connectivity index (χ1n) is 4.59. The first kappa shape index (κ1) is 10.7. The predicted octanol–water partition coefficient (Wildman–Crippen LogP) is 2.64. The van der Waals surface area contributed by atoms with Gasteiger partial charge in [-0.3, -0.25) is 4.79 Å². The molecule has 0 radical (unpaired) electrons. The van der Waals surface area contributed by atoms with Gasteiger partial charge in [0.25, 0.3) is 0 Å². The van der Waals surface area contributed by atoms with E-state index in [0.29, 0.717) is 6.42 Å². The van der Waals surface area contributed by atoms with E-state index in [0.717, 1.165) is 0 Å². The van der Waals surface area contributed by atoms with Gasteiger partial charge in [0.1, 0.15) is 0 Å². The van der Waals surface area contributed by atoms with Crippen LogP contribution in [0.2, 0.25) is 0 Å². The Morgan fingerprint density at radius 2 is 2.14 bits per heavy atom. The van der Waals surface area contributed by atoms with Crippen LogP contribution in [-0.4, -0.2) is 5.78 Å². The van der Waals surface area contributed by atoms with Crippen LogP contribution in [0.1, 0.15) is 30.6 Å². The Balaban J connectivity index is 2.96. The smallest absolute Gasteiger partial charge is 0.166 e. The van der Waals surface area contributed by atoms with E-state index in [2.05, 4.69) is 0 Å². The highest BCUT2D eigenvalue weighted by molar-refractivity contribution is 5.97. The summed E-state index contributed by atoms with van der Waals surface area (Å²) < 4.78 is 13.4. The minimum absolute atomic E-state index is 0.0274. The molecule has 0 aromatic heterocycles. The normalized spacial score (nSPS) is 10.6. The molecule has 0 fully saturated rings. The van der Waals surface area contributed by atoms with Crippen molar-refractivity contribution in [3.05, 3.63) is 29.6 Å². The first-order chi connectivity index (χ1) is 6.52. The Bertz CT molecular complexity index is 347. The van der Waals surface area contributed by atoms with E-state index < -0.39 is 5.82 Å². The fourth-order valence-corrected chi connectivity index (χ4v) is 1.25. The van der Waals surface area contributed by atoms with Crippen molar-refractivity contribution in [3.8, 4) is 0 Å². The maximum Gasteiger partial charge on any atom is 0.166 e. The topological polar surface area (TPSA) is 43.1 Å². The molecule has 0 bridgehead atoms. The van der Waals surface area contributed by atoms with Crippen molar-refractivity contribution >= 4 is 11.5 Å². The highest BCUT2D eigenvalue weighted by Crippen LogP contribution is 2.17. The van der Waals surface area contributed by atoms with Crippen molar-refractivity contribution in [3.63, 3.8) is 0 Å². The van der Waals surface area contributed by atoms with Gasteiger partial charge in [-0.05, 0) is 18.1 Å². The Morgan fingerprint density at radius 1 is 1.50 bits per heavy atom. The van der Waals surface area contributed by atoms with Crippen molar-refractivity contribution in [1.29, 1.82) is 0 Å². The van der Waals surface area contributed by atoms with Crippen molar-refractivity contribution in [2.75, 3.05) is 5.73 Å². The lowest BCUT2D eigenvalue weighted by Crippen LogP contribution is -2.07. The number of Topliss-reactive ketones (excluding diaryl/α,β-unsaturated/α-hetero) is 1. The van der Waals surface area contributed by atoms with Crippen LogP contribution in [0.3, 0.4) is 0 Å². The molecule has 0 heterocycles. The number of halogens is 1. The standard InChI is InChI=1S/C11H14FNO/c1-7(2)6-10(14)8-4-3-5-9(13)11(8)12/h3-5,7H,6,13H2,1-2H3. The van der Waals surface area contributed by atoms with Crippen LogP contribution in [0.25, 0.3) is 0 Å². The minimum atomic E-state index is -0.599. The molecular weight excluding hydrogens is 181 g/mol. The number of nitrogen functional groups attached to an aromatic ring is 1. The number of anilines is 1. The Labute approximate surface area is 82.9 Å². The molecule has 1 aromatic carbocycles. The van der Waals surface area contributed by atoms with Crippen LogP contribution >= 0.6 is 0 Å². The molecule has 0 atom stereocenters. The van der Waals surface area contributed by atoms with E-state index in [1.165, 1.54) is 12.1 Å². The van der Waals surface area contributed by atoms with Crippen LogP contribution < -0.4 is 5.73 Å². The summed E-state index contributed by atoms with van der Waals surface area (Å²) in [6.45, 7) is 3.84. The summed E-state index contributed by atoms with van der Waals surface area (Å²) in [6, 6.07) is 4.50. The summed E-state index contributed by atoms with van der Waals surface area (Å²) in [7, 11) is 0. The van der Waals surface area contributed by atoms with Crippen molar-refractivity contribution in [2.45, 2.75) is 20.3 Å². The van der Waals surface area contributed by atoms with Gasteiger partial charge in [-0.25, -0.2) is 4.39 Å². The van der Waals surface area contributed by atoms with Crippen LogP contribution in [0.15, 0.2) is 18.2 Å². The molecule has 0 saturated heterocycles. The summed E-state index contributed by atoms with van der Waals surface area (Å²) in [6.07, 6.45) is 0.348. The second-order valence-corrected chi connectivity index (χ2v) is 3.73. The largest absolute Gasteiger partial charge is 0.396 e. The fraction of sp³-hybridized carbons (Fsp3) is 0.364. The van der Waals surface area contributed by atoms with Crippen molar-refractivity contribution in [2.24, 2.45) is 5.92 Å². The Morgan fingerprint density at radius 3 is 2.71 bits per heavy atom. The third-order valence-corrected chi connectivity index (χ3v) is 1.92. The molecule has 1 rings (SSSR count). The van der Waals surface area contributed by atoms with E-state index in [-0.39, 0.29) is 23.0 Å². The third-order valence-electron chi connectivity index (χ3n) is 1.92. The van der Waals surface area contributed by atoms with Crippen LogP contribution in [0.4, 0.5) is 10.1 Å². The number of nitrogens with two attached hydrogens (primary N) is 1. The summed E-state index contributed by atoms with van der Waals surface area (Å²) in [5.74, 6) is -0.564. The average Bonchev–Trinajstić information content (AvgIpc) is 2.08. The average molecular weight is 195 g/mol. The monoisotopic (exact) mass is 195 g/mol. The first-order valence-corrected chi connectivity index (χ1v) is 4.59. The zero-order valence-corrected chi connectivity index (χ0v) is 8.38. The second-order valence-electron chi connectivity index (χ2n) is 3.73. The third kappa shape index (κ3) is 2.31. The number of hydrogen-bond donors (Lipinski definition) is 1. The summed E-state index contributed by atoms with van der Waals surface area (Å²) in [5.41, 5.74) is 5.49. The zero-order valence-electron chi connectivity index (χ0n) is 8.38. The van der Waals surface area contributed by atoms with Gasteiger partial charge >= 0.3 is 0 Å². The molecule has 0 saturated carbocycles. The molecule has 2 nitrogen and oxygen atoms in total. The molecule has 76 valence electrons. The maximum atomic E-state index is 13.4. The van der Waals surface area contributed by atoms with Gasteiger partial charge in [0.15, 0.2) is 11.6 Å². The lowest BCUT2D eigenvalue weighted by molar-refractivity contribution is 0.0964. The summed E-state index contributed by atoms with van der Waals surface area (Å²) in [5, 5.41) is 0. The van der Waals surface area contributed by atoms with E-state index in [9.17, 15) is 9.18 Å². The number of rotatable bonds is 3. The zero-order chi connectivity index (χ0) is 10.7. The molecule has 0 aliphatic carbocycles. The van der Waals surface area contributed by atoms with Crippen LogP contribution in [0.5, 0.6) is 0 Å². The molecule has 0 amide bonds. The molecular formula is C11H14FNO. The number of benzene rings is 1. The highest BCUT2D eigenvalue weighted by atomic mass is 19.1. The predicted molar refractivity (Wildman–Crippen MR) is 54.6 cm³/mol. The molecule has 14 heavy (non-hydrogen) atoms. The van der Waals surface area contributed by atoms with E-state index in [1.54, 1.807) is 6.07 Å². The minimum Gasteiger partial charge on any atom is -0.396 e. The fourth-order valence-electron chi connectivity index (χ4n) is 1.25. The van der Waals surface area contributed by atoms with E-state index >= 15 is 0 Å². The lowest BCUT2D eigenvalue weighted by Gasteiger charge is -2.06. The van der Waals surface area contributed by atoms with Crippen molar-refractivity contribution in [1.82, 2.24) is 0 Å². The van der Waals surface area contributed by atoms with Crippen LogP contribution in [-0.2, 0) is 0 Å². The van der Waals surface area contributed by atoms with E-state index in [1.807, 2.05) is 13.8 Å². The Kier molecular flexibility index (Phi) is 3.23. The van der Waals surface area contributed by atoms with Gasteiger partial charge in [0, 0.05) is 6.42 Å². The second kappa shape index (κ2) is 4.22. The van der Waals surface area contributed by atoms with E-state index in [4.69, 9.17) is 5.73 Å². The molecule has 0 aliphatic rings. The highest BCUT2D eigenvalue weighted by Gasteiger charge is 2.14. The van der Waals surface area contributed by atoms with Gasteiger partial charge in [0.2, 0.25) is 0 Å². The number of carbonyl (C=O) groups excluding carboxylic acids is 1. The Hall–Kier alpha value is -1.38. The van der Waals surface area contributed by atoms with Gasteiger partial charge in [-0.1, -0.05) is 19.9 Å². The van der Waals surface area contributed by atoms with Gasteiger partial charge in [0.05, 0.1) is 11.3 Å². The van der Waals surface area contributed by atoms with Gasteiger partial charge in [-0.15, -0.1) is 0 Å². The molecule has 2 N–H and O–H groups in total. The lowest BCUT2D eigenvalue weighted by atomic mass is 10.0. The number of hydrogen-bond acceptors (Lipinski definition) is 2.